The van der Waals surface area contributed by atoms with Gasteiger partial charge >= 0.3 is 24.4 Å². The molecule has 68 heavy (non-hydrogen) atoms. The summed E-state index contributed by atoms with van der Waals surface area (Å²) in [5.74, 6) is 1.20. The SMILES string of the molecule is C[C@H]1CN(C(=O)OC(C)(C)C)CCN1.C[C@H]1CN(C(=O)OC(C)(C)C)CCN1/C(N)=N/O.C[C@H]1CN(C(=O)OC(C)(C)C)CCN1C#N.Cc1nc(N2CCN(C(=O)OC(C)(C)C)C[C@@H]2C)no1. The molecule has 23 heteroatoms. The number of hydrogen-bond acceptors (Lipinski definition) is 17. The number of carbonyl (C=O) groups is 4. The first-order valence-corrected chi connectivity index (χ1v) is 23.3. The minimum Gasteiger partial charge on any atom is -0.444 e. The van der Waals surface area contributed by atoms with Gasteiger partial charge in [-0.25, -0.2) is 19.2 Å². The number of nitriles is 1. The van der Waals surface area contributed by atoms with Crippen LogP contribution in [0.15, 0.2) is 9.68 Å². The Bertz CT molecular complexity index is 1850. The second kappa shape index (κ2) is 25.1. The highest BCUT2D eigenvalue weighted by Gasteiger charge is 2.34. The molecule has 4 N–H and O–H groups in total. The van der Waals surface area contributed by atoms with E-state index in [1.807, 2.05) is 109 Å². The van der Waals surface area contributed by atoms with E-state index in [0.29, 0.717) is 76.8 Å². The van der Waals surface area contributed by atoms with Gasteiger partial charge in [0.05, 0.1) is 6.04 Å². The Hall–Kier alpha value is -5.66. The maximum atomic E-state index is 12.0. The van der Waals surface area contributed by atoms with Gasteiger partial charge in [0.25, 0.3) is 5.95 Å². The molecule has 4 atom stereocenters. The van der Waals surface area contributed by atoms with Gasteiger partial charge in [0.2, 0.25) is 11.9 Å². The van der Waals surface area contributed by atoms with Crippen LogP contribution in [0.2, 0.25) is 0 Å². The van der Waals surface area contributed by atoms with Crippen LogP contribution in [0.5, 0.6) is 0 Å². The molecule has 0 unspecified atom stereocenters. The molecule has 5 heterocycles. The summed E-state index contributed by atoms with van der Waals surface area (Å²) in [4.78, 5) is 63.8. The Kier molecular flexibility index (Phi) is 21.6. The normalized spacial score (nSPS) is 21.6. The third-order valence-electron chi connectivity index (χ3n) is 10.2. The average Bonchev–Trinajstić information content (AvgIpc) is 3.64. The molecule has 0 saturated carbocycles. The fourth-order valence-electron chi connectivity index (χ4n) is 7.02. The number of guanidine groups is 1. The Morgan fingerprint density at radius 3 is 1.43 bits per heavy atom. The minimum atomic E-state index is -0.497. The highest BCUT2D eigenvalue weighted by molar-refractivity contribution is 5.78. The molecule has 0 aliphatic carbocycles. The van der Waals surface area contributed by atoms with Gasteiger partial charge in [0, 0.05) is 104 Å². The van der Waals surface area contributed by atoms with Crippen molar-refractivity contribution in [1.29, 1.82) is 5.26 Å². The van der Waals surface area contributed by atoms with Crippen molar-refractivity contribution in [2.75, 3.05) is 83.4 Å². The quantitative estimate of drug-likeness (QED) is 0.0828. The van der Waals surface area contributed by atoms with Crippen molar-refractivity contribution in [2.24, 2.45) is 10.9 Å². The number of nitrogens with zero attached hydrogens (tertiary/aromatic N) is 11. The second-order valence-electron chi connectivity index (χ2n) is 21.4. The second-order valence-corrected chi connectivity index (χ2v) is 21.4. The number of hydrogen-bond donors (Lipinski definition) is 3. The number of nitrogens with one attached hydrogen (secondary N) is 1. The van der Waals surface area contributed by atoms with Gasteiger partial charge in [-0.1, -0.05) is 5.16 Å². The lowest BCUT2D eigenvalue weighted by molar-refractivity contribution is 0.0117. The zero-order valence-electron chi connectivity index (χ0n) is 43.9. The predicted molar refractivity (Wildman–Crippen MR) is 256 cm³/mol. The summed E-state index contributed by atoms with van der Waals surface area (Å²) in [7, 11) is 0. The number of aromatic nitrogens is 2. The molecule has 4 aliphatic rings. The van der Waals surface area contributed by atoms with Gasteiger partial charge in [-0.15, -0.1) is 0 Å². The topological polar surface area (TPSA) is 261 Å². The standard InChI is InChI=1S/C13H22N4O3.C11H22N4O3.C11H19N3O2.C10H20N2O2/c1-9-8-16(12(18)19-13(3,4)5)6-7-17(9)11-14-10(2)20-15-11;1-8-7-14(10(16)18-11(2,3)4)5-6-15(8)9(12)13-17;1-9-7-13(5-6-14(9)8-12)10(15)16-11(2,3)4;1-8-7-12(6-5-11-8)9(13)14-10(2,3)4/h9H,6-8H2,1-5H3;8,17H,5-7H2,1-4H3,(H2,12,13);9H,5-7H2,1-4H3;8,11H,5-7H2,1-4H3/t9-;8-;9-;8-/m0000/s1. The number of amides is 4. The molecule has 23 nitrogen and oxygen atoms in total. The molecule has 0 radical (unpaired) electrons. The van der Waals surface area contributed by atoms with E-state index in [1.165, 1.54) is 0 Å². The lowest BCUT2D eigenvalue weighted by Crippen LogP contribution is -2.57. The summed E-state index contributed by atoms with van der Waals surface area (Å²) in [6, 6.07) is 0.526. The molecule has 5 rings (SSSR count). The molecule has 1 aromatic heterocycles. The van der Waals surface area contributed by atoms with Crippen LogP contribution >= 0.6 is 0 Å². The van der Waals surface area contributed by atoms with Gasteiger partial charge in [-0.2, -0.15) is 10.2 Å². The number of nitrogens with two attached hydrogens (primary N) is 1. The molecule has 4 aliphatic heterocycles. The van der Waals surface area contributed by atoms with E-state index in [9.17, 15) is 19.2 Å². The zero-order valence-corrected chi connectivity index (χ0v) is 43.9. The number of anilines is 1. The Morgan fingerprint density at radius 2 is 1.07 bits per heavy atom. The number of carbonyl (C=O) groups excluding carboxylic acids is 4. The highest BCUT2D eigenvalue weighted by atomic mass is 16.6. The molecular weight excluding hydrogens is 883 g/mol. The molecule has 4 saturated heterocycles. The number of oxime groups is 1. The predicted octanol–water partition coefficient (Wildman–Crippen LogP) is 5.08. The molecule has 1 aromatic rings. The van der Waals surface area contributed by atoms with Gasteiger partial charge in [-0.05, 0) is 116 Å². The number of aryl methyl sites for hydroxylation is 1. The molecule has 0 aromatic carbocycles. The van der Waals surface area contributed by atoms with Crippen molar-refractivity contribution >= 4 is 36.3 Å². The summed E-state index contributed by atoms with van der Waals surface area (Å²) in [6.07, 6.45) is 1.02. The number of rotatable bonds is 1. The first-order valence-electron chi connectivity index (χ1n) is 23.3. The van der Waals surface area contributed by atoms with Crippen LogP contribution in [-0.4, -0.2) is 200 Å². The summed E-state index contributed by atoms with van der Waals surface area (Å²) >= 11 is 0. The zero-order chi connectivity index (χ0) is 51.9. The molecular formula is C45H83N13O10. The van der Waals surface area contributed by atoms with Crippen molar-refractivity contribution in [3.8, 4) is 6.19 Å². The molecule has 4 fully saturated rings. The van der Waals surface area contributed by atoms with Gasteiger partial charge in [0.1, 0.15) is 22.4 Å². The van der Waals surface area contributed by atoms with E-state index < -0.39 is 22.4 Å². The third kappa shape index (κ3) is 21.1. The maximum absolute atomic E-state index is 12.0. The lowest BCUT2D eigenvalue weighted by atomic mass is 10.2. The van der Waals surface area contributed by atoms with Crippen LogP contribution in [0.3, 0.4) is 0 Å². The van der Waals surface area contributed by atoms with E-state index in [1.54, 1.807) is 36.3 Å². The van der Waals surface area contributed by atoms with Crippen LogP contribution < -0.4 is 16.0 Å². The average molecular weight is 966 g/mol. The van der Waals surface area contributed by atoms with Crippen LogP contribution in [0, 0.1) is 18.4 Å². The highest BCUT2D eigenvalue weighted by Crippen LogP contribution is 2.20. The van der Waals surface area contributed by atoms with Crippen molar-refractivity contribution in [3.63, 3.8) is 0 Å². The number of ether oxygens (including phenoxy) is 4. The molecule has 4 amide bonds. The minimum absolute atomic E-state index is 0.0119. The lowest BCUT2D eigenvalue weighted by Gasteiger charge is -2.40. The summed E-state index contributed by atoms with van der Waals surface area (Å²) in [5, 5.41) is 27.6. The van der Waals surface area contributed by atoms with E-state index in [4.69, 9.17) is 39.7 Å². The monoisotopic (exact) mass is 966 g/mol. The fourth-order valence-corrected chi connectivity index (χ4v) is 7.02. The van der Waals surface area contributed by atoms with Crippen LogP contribution in [0.25, 0.3) is 0 Å². The molecule has 388 valence electrons. The first kappa shape index (κ1) is 58.5. The van der Waals surface area contributed by atoms with Crippen LogP contribution in [-0.2, 0) is 18.9 Å². The van der Waals surface area contributed by atoms with Crippen molar-refractivity contribution in [2.45, 2.75) is 164 Å². The fraction of sp³-hybridized carbons (Fsp3) is 0.822. The summed E-state index contributed by atoms with van der Waals surface area (Å²) in [6.45, 7) is 39.3. The largest absolute Gasteiger partial charge is 0.444 e. The van der Waals surface area contributed by atoms with Crippen molar-refractivity contribution in [3.05, 3.63) is 5.89 Å². The van der Waals surface area contributed by atoms with E-state index in [2.05, 4.69) is 33.7 Å². The summed E-state index contributed by atoms with van der Waals surface area (Å²) in [5.41, 5.74) is 3.72. The van der Waals surface area contributed by atoms with Crippen molar-refractivity contribution in [1.82, 2.24) is 44.9 Å². The van der Waals surface area contributed by atoms with Gasteiger partial charge < -0.3 is 74.0 Å². The molecule has 0 bridgehead atoms. The van der Waals surface area contributed by atoms with Crippen LogP contribution in [0.4, 0.5) is 25.1 Å². The molecule has 0 spiro atoms. The van der Waals surface area contributed by atoms with Crippen molar-refractivity contribution < 1.29 is 47.9 Å². The Labute approximate surface area is 404 Å². The van der Waals surface area contributed by atoms with E-state index in [0.717, 1.165) is 19.6 Å². The van der Waals surface area contributed by atoms with Gasteiger partial charge in [0.15, 0.2) is 6.19 Å². The maximum Gasteiger partial charge on any atom is 0.410 e. The first-order chi connectivity index (χ1) is 31.2. The smallest absolute Gasteiger partial charge is 0.410 e. The third-order valence-corrected chi connectivity index (χ3v) is 10.2. The summed E-state index contributed by atoms with van der Waals surface area (Å²) < 4.78 is 26.3. The van der Waals surface area contributed by atoms with Gasteiger partial charge in [-0.3, -0.25) is 0 Å². The Morgan fingerprint density at radius 1 is 0.662 bits per heavy atom. The Balaban J connectivity index is 0.000000314. The van der Waals surface area contributed by atoms with Crippen LogP contribution in [0.1, 0.15) is 117 Å². The van der Waals surface area contributed by atoms with E-state index in [-0.39, 0.29) is 48.5 Å². The van der Waals surface area contributed by atoms with E-state index >= 15 is 0 Å². The number of piperazine rings is 4.